The second kappa shape index (κ2) is 8.55. The van der Waals surface area contributed by atoms with Crippen LogP contribution in [-0.2, 0) is 9.59 Å². The summed E-state index contributed by atoms with van der Waals surface area (Å²) in [6.45, 7) is 2.04. The van der Waals surface area contributed by atoms with Gasteiger partial charge in [0.2, 0.25) is 5.52 Å². The number of anilines is 2. The lowest BCUT2D eigenvalue weighted by Crippen LogP contribution is -1.96. The number of nitrogens with one attached hydrogen (secondary N) is 1. The van der Waals surface area contributed by atoms with Crippen LogP contribution in [0.2, 0.25) is 0 Å². The quantitative estimate of drug-likeness (QED) is 0.404. The Morgan fingerprint density at radius 3 is 2.28 bits per heavy atom. The van der Waals surface area contributed by atoms with E-state index in [1.54, 1.807) is 6.07 Å². The zero-order chi connectivity index (χ0) is 20.8. The van der Waals surface area contributed by atoms with Crippen LogP contribution in [0.1, 0.15) is 5.56 Å². The number of nitrogens with zero attached hydrogens (tertiary/aromatic N) is 3. The van der Waals surface area contributed by atoms with Gasteiger partial charge in [0.15, 0.2) is 5.52 Å². The van der Waals surface area contributed by atoms with E-state index < -0.39 is 4.92 Å². The standard InChI is InChI=1S/C19H14N4O3.CO2/c1-12-6-8-13(9-7-12)14-4-2-3-5-15(14)20-16-10-11-17(23(24)25)19-18(16)21-26-22-19;2-1-3/h2-11,20H,1H3;. The summed E-state index contributed by atoms with van der Waals surface area (Å²) in [5.41, 5.74) is 5.00. The van der Waals surface area contributed by atoms with Crippen LogP contribution in [0.25, 0.3) is 22.2 Å². The van der Waals surface area contributed by atoms with Crippen molar-refractivity contribution in [1.82, 2.24) is 10.3 Å². The van der Waals surface area contributed by atoms with Crippen LogP contribution >= 0.6 is 0 Å². The number of aromatic nitrogens is 2. The number of hydrogen-bond donors (Lipinski definition) is 1. The topological polar surface area (TPSA) is 128 Å². The fraction of sp³-hybridized carbons (Fsp3) is 0.0500. The molecular formula is C20H14N4O5. The number of para-hydroxylation sites is 1. The second-order valence-electron chi connectivity index (χ2n) is 5.97. The molecule has 0 saturated carbocycles. The number of nitro groups is 1. The van der Waals surface area contributed by atoms with Crippen molar-refractivity contribution in [2.45, 2.75) is 6.92 Å². The van der Waals surface area contributed by atoms with E-state index in [9.17, 15) is 10.1 Å². The van der Waals surface area contributed by atoms with Gasteiger partial charge in [-0.3, -0.25) is 10.1 Å². The van der Waals surface area contributed by atoms with E-state index in [2.05, 4.69) is 39.9 Å². The molecule has 0 saturated heterocycles. The van der Waals surface area contributed by atoms with Crippen LogP contribution in [-0.4, -0.2) is 21.4 Å². The van der Waals surface area contributed by atoms with Crippen LogP contribution in [0.3, 0.4) is 0 Å². The number of carbonyl (C=O) groups excluding carboxylic acids is 2. The third kappa shape index (κ3) is 4.15. The van der Waals surface area contributed by atoms with Crippen molar-refractivity contribution in [2.24, 2.45) is 0 Å². The Bertz CT molecular complexity index is 1200. The molecule has 9 nitrogen and oxygen atoms in total. The molecule has 3 aromatic carbocycles. The van der Waals surface area contributed by atoms with E-state index in [0.29, 0.717) is 11.2 Å². The van der Waals surface area contributed by atoms with Crippen LogP contribution in [0, 0.1) is 17.0 Å². The van der Waals surface area contributed by atoms with Gasteiger partial charge in [-0.15, -0.1) is 0 Å². The summed E-state index contributed by atoms with van der Waals surface area (Å²) in [6, 6.07) is 19.0. The Labute approximate surface area is 164 Å². The largest absolute Gasteiger partial charge is 0.373 e. The molecule has 0 aliphatic carbocycles. The van der Waals surface area contributed by atoms with E-state index in [1.807, 2.05) is 31.2 Å². The maximum Gasteiger partial charge on any atom is 0.373 e. The predicted molar refractivity (Wildman–Crippen MR) is 103 cm³/mol. The lowest BCUT2D eigenvalue weighted by atomic mass is 10.0. The maximum atomic E-state index is 11.1. The molecule has 0 aliphatic rings. The van der Waals surface area contributed by atoms with E-state index in [0.717, 1.165) is 16.8 Å². The lowest BCUT2D eigenvalue weighted by molar-refractivity contribution is -0.383. The summed E-state index contributed by atoms with van der Waals surface area (Å²) >= 11 is 0. The molecule has 1 aromatic heterocycles. The van der Waals surface area contributed by atoms with Crippen LogP contribution in [0.5, 0.6) is 0 Å². The summed E-state index contributed by atoms with van der Waals surface area (Å²) in [6.07, 6.45) is 0.250. The van der Waals surface area contributed by atoms with Crippen LogP contribution in [0.15, 0.2) is 65.3 Å². The van der Waals surface area contributed by atoms with Gasteiger partial charge in [0.1, 0.15) is 0 Å². The van der Waals surface area contributed by atoms with Crippen molar-refractivity contribution in [3.05, 3.63) is 76.3 Å². The van der Waals surface area contributed by atoms with Crippen molar-refractivity contribution in [2.75, 3.05) is 5.32 Å². The van der Waals surface area contributed by atoms with Crippen molar-refractivity contribution in [1.29, 1.82) is 0 Å². The Balaban J connectivity index is 0.000000755. The molecule has 0 fully saturated rings. The SMILES string of the molecule is Cc1ccc(-c2ccccc2Nc2ccc([N+](=O)[O-])c3nonc23)cc1.O=C=O. The van der Waals surface area contributed by atoms with Gasteiger partial charge in [-0.1, -0.05) is 48.0 Å². The Kier molecular flexibility index (Phi) is 5.72. The first-order valence-electron chi connectivity index (χ1n) is 8.37. The number of benzene rings is 3. The monoisotopic (exact) mass is 390 g/mol. The molecule has 0 aliphatic heterocycles. The number of fused-ring (bicyclic) bond motifs is 1. The third-order valence-electron chi connectivity index (χ3n) is 4.15. The smallest absolute Gasteiger partial charge is 0.353 e. The van der Waals surface area contributed by atoms with E-state index in [4.69, 9.17) is 14.2 Å². The van der Waals surface area contributed by atoms with Gasteiger partial charge in [0.05, 0.1) is 10.6 Å². The number of nitro benzene ring substituents is 1. The first kappa shape index (κ1) is 19.4. The molecule has 1 heterocycles. The fourth-order valence-corrected chi connectivity index (χ4v) is 2.82. The molecule has 0 bridgehead atoms. The van der Waals surface area contributed by atoms with Crippen LogP contribution in [0.4, 0.5) is 17.1 Å². The summed E-state index contributed by atoms with van der Waals surface area (Å²) in [5, 5.41) is 21.9. The number of hydrogen-bond acceptors (Lipinski definition) is 8. The lowest BCUT2D eigenvalue weighted by Gasteiger charge is -2.12. The van der Waals surface area contributed by atoms with E-state index in [1.165, 1.54) is 11.6 Å². The summed E-state index contributed by atoms with van der Waals surface area (Å²) < 4.78 is 4.72. The number of non-ortho nitro benzene ring substituents is 1. The van der Waals surface area contributed by atoms with Crippen molar-refractivity contribution in [3.63, 3.8) is 0 Å². The Hall–Kier alpha value is -4.36. The van der Waals surface area contributed by atoms with E-state index >= 15 is 0 Å². The summed E-state index contributed by atoms with van der Waals surface area (Å²) in [4.78, 5) is 26.9. The molecule has 29 heavy (non-hydrogen) atoms. The molecule has 4 rings (SSSR count). The first-order valence-corrected chi connectivity index (χ1v) is 8.37. The molecule has 144 valence electrons. The van der Waals surface area contributed by atoms with Crippen molar-refractivity contribution < 1.29 is 19.1 Å². The maximum absolute atomic E-state index is 11.1. The minimum absolute atomic E-state index is 0.118. The average Bonchev–Trinajstić information content (AvgIpc) is 3.20. The second-order valence-corrected chi connectivity index (χ2v) is 5.97. The average molecular weight is 390 g/mol. The zero-order valence-electron chi connectivity index (χ0n) is 15.2. The molecule has 0 unspecified atom stereocenters. The highest BCUT2D eigenvalue weighted by Gasteiger charge is 2.20. The van der Waals surface area contributed by atoms with Gasteiger partial charge in [-0.2, -0.15) is 9.59 Å². The molecule has 9 heteroatoms. The molecule has 0 atom stereocenters. The van der Waals surface area contributed by atoms with Crippen LogP contribution < -0.4 is 5.32 Å². The molecule has 1 N–H and O–H groups in total. The van der Waals surface area contributed by atoms with Gasteiger partial charge in [0.25, 0.3) is 0 Å². The van der Waals surface area contributed by atoms with Crippen molar-refractivity contribution >= 4 is 34.2 Å². The fourth-order valence-electron chi connectivity index (χ4n) is 2.82. The van der Waals surface area contributed by atoms with Crippen molar-refractivity contribution in [3.8, 4) is 11.1 Å². The normalized spacial score (nSPS) is 9.97. The number of rotatable bonds is 4. The Morgan fingerprint density at radius 1 is 0.931 bits per heavy atom. The first-order chi connectivity index (χ1) is 14.0. The Morgan fingerprint density at radius 2 is 1.59 bits per heavy atom. The minimum Gasteiger partial charge on any atom is -0.353 e. The molecular weight excluding hydrogens is 376 g/mol. The highest BCUT2D eigenvalue weighted by Crippen LogP contribution is 2.34. The van der Waals surface area contributed by atoms with Gasteiger partial charge < -0.3 is 5.32 Å². The van der Waals surface area contributed by atoms with Gasteiger partial charge in [-0.25, -0.2) is 4.63 Å². The molecule has 0 amide bonds. The molecule has 4 aromatic rings. The number of aryl methyl sites for hydroxylation is 1. The van der Waals surface area contributed by atoms with Gasteiger partial charge in [0, 0.05) is 17.3 Å². The summed E-state index contributed by atoms with van der Waals surface area (Å²) in [5.74, 6) is 0. The summed E-state index contributed by atoms with van der Waals surface area (Å²) in [7, 11) is 0. The van der Waals surface area contributed by atoms with Gasteiger partial charge >= 0.3 is 11.8 Å². The predicted octanol–water partition coefficient (Wildman–Crippen LogP) is 4.27. The minimum atomic E-state index is -0.503. The van der Waals surface area contributed by atoms with Gasteiger partial charge in [-0.05, 0) is 34.9 Å². The zero-order valence-corrected chi connectivity index (χ0v) is 15.2. The highest BCUT2D eigenvalue weighted by atomic mass is 16.6. The van der Waals surface area contributed by atoms with E-state index in [-0.39, 0.29) is 17.4 Å². The highest BCUT2D eigenvalue weighted by molar-refractivity contribution is 5.96. The molecule has 0 spiro atoms. The third-order valence-corrected chi connectivity index (χ3v) is 4.15. The molecule has 0 radical (unpaired) electrons.